The van der Waals surface area contributed by atoms with E-state index in [1.165, 1.54) is 0 Å². The molecule has 0 radical (unpaired) electrons. The average molecular weight is 213 g/mol. The van der Waals surface area contributed by atoms with Crippen LogP contribution >= 0.6 is 0 Å². The van der Waals surface area contributed by atoms with Gasteiger partial charge in [0.25, 0.3) is 0 Å². The van der Waals surface area contributed by atoms with Crippen LogP contribution < -0.4 is 5.73 Å². The normalized spacial score (nSPS) is 13.1. The Morgan fingerprint density at radius 3 is 2.86 bits per heavy atom. The highest BCUT2D eigenvalue weighted by atomic mass is 32.2. The van der Waals surface area contributed by atoms with E-state index in [-0.39, 0.29) is 0 Å². The third-order valence-electron chi connectivity index (χ3n) is 1.74. The molecule has 14 heavy (non-hydrogen) atoms. The van der Waals surface area contributed by atoms with Crippen molar-refractivity contribution in [3.8, 4) is 0 Å². The van der Waals surface area contributed by atoms with Crippen molar-refractivity contribution in [2.75, 3.05) is 32.1 Å². The van der Waals surface area contributed by atoms with Gasteiger partial charge in [-0.05, 0) is 26.2 Å². The summed E-state index contributed by atoms with van der Waals surface area (Å²) in [5, 5.41) is 0.495. The van der Waals surface area contributed by atoms with Gasteiger partial charge in [-0.1, -0.05) is 0 Å². The molecule has 1 aromatic heterocycles. The molecule has 5 heteroatoms. The van der Waals surface area contributed by atoms with E-state index in [0.717, 1.165) is 6.54 Å². The lowest BCUT2D eigenvalue weighted by molar-refractivity contribution is 0.435. The van der Waals surface area contributed by atoms with Crippen molar-refractivity contribution in [1.82, 2.24) is 9.88 Å². The lowest BCUT2D eigenvalue weighted by Gasteiger charge is -2.09. The van der Waals surface area contributed by atoms with E-state index in [1.807, 2.05) is 19.0 Å². The summed E-state index contributed by atoms with van der Waals surface area (Å²) in [7, 11) is 2.79. The fourth-order valence-electron chi connectivity index (χ4n) is 0.956. The molecular formula is C9H15N3OS. The number of nitrogens with two attached hydrogens (primary N) is 1. The molecule has 1 atom stereocenters. The fourth-order valence-corrected chi connectivity index (χ4v) is 2.19. The molecule has 0 fully saturated rings. The van der Waals surface area contributed by atoms with E-state index in [0.29, 0.717) is 16.5 Å². The average Bonchev–Trinajstić information content (AvgIpc) is 2.15. The van der Waals surface area contributed by atoms with Gasteiger partial charge in [0.2, 0.25) is 0 Å². The molecule has 4 nitrogen and oxygen atoms in total. The van der Waals surface area contributed by atoms with E-state index in [1.54, 1.807) is 18.3 Å². The van der Waals surface area contributed by atoms with Crippen molar-refractivity contribution in [2.24, 2.45) is 0 Å². The fraction of sp³-hybridized carbons (Fsp3) is 0.444. The first-order valence-corrected chi connectivity index (χ1v) is 5.66. The van der Waals surface area contributed by atoms with Crippen molar-refractivity contribution in [3.05, 3.63) is 18.3 Å². The summed E-state index contributed by atoms with van der Waals surface area (Å²) in [6.45, 7) is 0.766. The van der Waals surface area contributed by atoms with E-state index in [4.69, 9.17) is 5.73 Å². The second-order valence-electron chi connectivity index (χ2n) is 3.25. The van der Waals surface area contributed by atoms with Crippen molar-refractivity contribution in [3.63, 3.8) is 0 Å². The highest BCUT2D eigenvalue weighted by Crippen LogP contribution is 2.11. The second-order valence-corrected chi connectivity index (χ2v) is 4.74. The van der Waals surface area contributed by atoms with Gasteiger partial charge < -0.3 is 10.6 Å². The second kappa shape index (κ2) is 5.07. The van der Waals surface area contributed by atoms with Crippen LogP contribution in [0.1, 0.15) is 0 Å². The van der Waals surface area contributed by atoms with Gasteiger partial charge in [0, 0.05) is 18.5 Å². The predicted molar refractivity (Wildman–Crippen MR) is 58.5 cm³/mol. The summed E-state index contributed by atoms with van der Waals surface area (Å²) in [4.78, 5) is 6.00. The van der Waals surface area contributed by atoms with Crippen LogP contribution in [0.4, 0.5) is 5.69 Å². The van der Waals surface area contributed by atoms with Crippen LogP contribution in [0.2, 0.25) is 0 Å². The molecule has 1 rings (SSSR count). The lowest BCUT2D eigenvalue weighted by Crippen LogP contribution is -2.19. The van der Waals surface area contributed by atoms with Crippen LogP contribution in [-0.4, -0.2) is 40.5 Å². The molecule has 1 heterocycles. The number of nitrogens with zero attached hydrogens (tertiary/aromatic N) is 2. The minimum absolute atomic E-state index is 0.495. The number of hydrogen-bond donors (Lipinski definition) is 1. The third kappa shape index (κ3) is 3.08. The van der Waals surface area contributed by atoms with Gasteiger partial charge in [0.05, 0.1) is 16.5 Å². The molecule has 0 aromatic carbocycles. The standard InChI is InChI=1S/C9H15N3OS/c1-12(2)6-7-14(13)9-8(10)4-3-5-11-9/h3-5H,6-7,10H2,1-2H3. The maximum Gasteiger partial charge on any atom is 0.150 e. The first-order chi connectivity index (χ1) is 6.61. The maximum absolute atomic E-state index is 11.7. The zero-order valence-electron chi connectivity index (χ0n) is 8.43. The molecule has 1 unspecified atom stereocenters. The van der Waals surface area contributed by atoms with Crippen LogP contribution in [0, 0.1) is 0 Å². The summed E-state index contributed by atoms with van der Waals surface area (Å²) in [5.74, 6) is 0.564. The summed E-state index contributed by atoms with van der Waals surface area (Å²) in [6, 6.07) is 3.46. The molecular weight excluding hydrogens is 198 g/mol. The number of aromatic nitrogens is 1. The molecule has 0 spiro atoms. The van der Waals surface area contributed by atoms with Crippen molar-refractivity contribution >= 4 is 16.5 Å². The van der Waals surface area contributed by atoms with Gasteiger partial charge >= 0.3 is 0 Å². The molecule has 0 aliphatic carbocycles. The molecule has 0 amide bonds. The van der Waals surface area contributed by atoms with E-state index in [9.17, 15) is 4.21 Å². The number of nitrogen functional groups attached to an aromatic ring is 1. The Morgan fingerprint density at radius 1 is 1.57 bits per heavy atom. The van der Waals surface area contributed by atoms with Crippen molar-refractivity contribution in [2.45, 2.75) is 5.03 Å². The Bertz CT molecular complexity index is 328. The smallest absolute Gasteiger partial charge is 0.150 e. The van der Waals surface area contributed by atoms with Crippen LogP contribution in [0.15, 0.2) is 23.4 Å². The summed E-state index contributed by atoms with van der Waals surface area (Å²) in [5.41, 5.74) is 6.16. The quantitative estimate of drug-likeness (QED) is 0.783. The minimum Gasteiger partial charge on any atom is -0.396 e. The molecule has 0 saturated heterocycles. The van der Waals surface area contributed by atoms with Gasteiger partial charge in [0.1, 0.15) is 5.03 Å². The number of anilines is 1. The number of rotatable bonds is 4. The van der Waals surface area contributed by atoms with Crippen LogP contribution in [0.3, 0.4) is 0 Å². The molecule has 78 valence electrons. The molecule has 2 N–H and O–H groups in total. The SMILES string of the molecule is CN(C)CCS(=O)c1ncccc1N. The van der Waals surface area contributed by atoms with Crippen LogP contribution in [-0.2, 0) is 10.8 Å². The van der Waals surface area contributed by atoms with Gasteiger partial charge in [-0.25, -0.2) is 4.98 Å². The van der Waals surface area contributed by atoms with Crippen LogP contribution in [0.25, 0.3) is 0 Å². The highest BCUT2D eigenvalue weighted by Gasteiger charge is 2.08. The maximum atomic E-state index is 11.7. The van der Waals surface area contributed by atoms with Gasteiger partial charge in [-0.2, -0.15) is 0 Å². The first kappa shape index (κ1) is 11.1. The predicted octanol–water partition coefficient (Wildman–Crippen LogP) is 0.333. The van der Waals surface area contributed by atoms with Gasteiger partial charge in [0.15, 0.2) is 0 Å². The Kier molecular flexibility index (Phi) is 4.03. The first-order valence-electron chi connectivity index (χ1n) is 4.35. The largest absolute Gasteiger partial charge is 0.396 e. The summed E-state index contributed by atoms with van der Waals surface area (Å²) >= 11 is 0. The van der Waals surface area contributed by atoms with Crippen molar-refractivity contribution in [1.29, 1.82) is 0 Å². The Hall–Kier alpha value is -0.940. The van der Waals surface area contributed by atoms with E-state index < -0.39 is 10.8 Å². The summed E-state index contributed by atoms with van der Waals surface area (Å²) in [6.07, 6.45) is 1.61. The Labute approximate surface area is 86.6 Å². The third-order valence-corrected chi connectivity index (χ3v) is 3.07. The topological polar surface area (TPSA) is 59.2 Å². The number of hydrogen-bond acceptors (Lipinski definition) is 4. The van der Waals surface area contributed by atoms with E-state index >= 15 is 0 Å². The molecule has 1 aromatic rings. The minimum atomic E-state index is -1.09. The van der Waals surface area contributed by atoms with Gasteiger partial charge in [-0.3, -0.25) is 4.21 Å². The molecule has 0 saturated carbocycles. The van der Waals surface area contributed by atoms with Gasteiger partial charge in [-0.15, -0.1) is 0 Å². The van der Waals surface area contributed by atoms with E-state index in [2.05, 4.69) is 4.98 Å². The Balaban J connectivity index is 2.65. The number of pyridine rings is 1. The monoisotopic (exact) mass is 213 g/mol. The molecule has 0 aliphatic rings. The summed E-state index contributed by atoms with van der Waals surface area (Å²) < 4.78 is 11.7. The zero-order valence-corrected chi connectivity index (χ0v) is 9.25. The molecule has 0 bridgehead atoms. The van der Waals surface area contributed by atoms with Crippen LogP contribution in [0.5, 0.6) is 0 Å². The zero-order chi connectivity index (χ0) is 10.6. The lowest BCUT2D eigenvalue weighted by atomic mass is 10.4. The highest BCUT2D eigenvalue weighted by molar-refractivity contribution is 7.85. The Morgan fingerprint density at radius 2 is 2.29 bits per heavy atom. The van der Waals surface area contributed by atoms with Crippen molar-refractivity contribution < 1.29 is 4.21 Å². The molecule has 0 aliphatic heterocycles.